The molecule has 1 atom stereocenters. The van der Waals surface area contributed by atoms with Gasteiger partial charge < -0.3 is 9.80 Å². The van der Waals surface area contributed by atoms with Gasteiger partial charge in [0.15, 0.2) is 11.5 Å². The van der Waals surface area contributed by atoms with Crippen molar-refractivity contribution in [2.75, 3.05) is 38.6 Å². The molecule has 3 rings (SSSR count). The number of likely N-dealkylation sites (tertiary alicyclic amines) is 1. The molecule has 3 heterocycles. The minimum absolute atomic E-state index is 0.676. The summed E-state index contributed by atoms with van der Waals surface area (Å²) in [6.07, 6.45) is 2.58. The highest BCUT2D eigenvalue weighted by atomic mass is 15.6. The summed E-state index contributed by atoms with van der Waals surface area (Å²) in [6, 6.07) is 3.87. The van der Waals surface area contributed by atoms with E-state index < -0.39 is 0 Å². The van der Waals surface area contributed by atoms with E-state index in [0.717, 1.165) is 18.9 Å². The Morgan fingerprint density at radius 2 is 2.32 bits per heavy atom. The molecular formula is C12H19N7. The minimum atomic E-state index is 0.676. The average Bonchev–Trinajstić information content (AvgIpc) is 2.85. The quantitative estimate of drug-likeness (QED) is 0.792. The maximum Gasteiger partial charge on any atom is 0.200 e. The average molecular weight is 261 g/mol. The van der Waals surface area contributed by atoms with Gasteiger partial charge in [0.1, 0.15) is 0 Å². The number of hydrogen-bond acceptors (Lipinski definition) is 6. The zero-order valence-electron chi connectivity index (χ0n) is 11.4. The zero-order valence-corrected chi connectivity index (χ0v) is 11.4. The second-order valence-corrected chi connectivity index (χ2v) is 5.37. The molecule has 0 N–H and O–H groups in total. The monoisotopic (exact) mass is 261 g/mol. The van der Waals surface area contributed by atoms with Gasteiger partial charge in [-0.05, 0) is 54.9 Å². The molecule has 0 aromatic carbocycles. The molecule has 0 radical (unpaired) electrons. The molecule has 0 bridgehead atoms. The Kier molecular flexibility index (Phi) is 3.29. The fourth-order valence-electron chi connectivity index (χ4n) is 2.75. The summed E-state index contributed by atoms with van der Waals surface area (Å²) in [5.41, 5.74) is 0.676. The molecule has 2 aromatic rings. The first-order valence-corrected chi connectivity index (χ1v) is 6.67. The van der Waals surface area contributed by atoms with E-state index in [0.29, 0.717) is 11.6 Å². The highest BCUT2D eigenvalue weighted by molar-refractivity contribution is 5.43. The Bertz CT molecular complexity index is 552. The van der Waals surface area contributed by atoms with Gasteiger partial charge in [-0.3, -0.25) is 0 Å². The third kappa shape index (κ3) is 2.65. The molecule has 0 aliphatic carbocycles. The van der Waals surface area contributed by atoms with Gasteiger partial charge in [0.05, 0.1) is 0 Å². The number of aromatic nitrogens is 5. The van der Waals surface area contributed by atoms with Crippen molar-refractivity contribution in [3.8, 4) is 0 Å². The van der Waals surface area contributed by atoms with Crippen LogP contribution in [0.1, 0.15) is 12.8 Å². The number of fused-ring (bicyclic) bond motifs is 1. The Morgan fingerprint density at radius 3 is 3.16 bits per heavy atom. The normalized spacial score (nSPS) is 20.8. The predicted molar refractivity (Wildman–Crippen MR) is 72.1 cm³/mol. The van der Waals surface area contributed by atoms with Gasteiger partial charge >= 0.3 is 0 Å². The van der Waals surface area contributed by atoms with Crippen molar-refractivity contribution >= 4 is 11.5 Å². The van der Waals surface area contributed by atoms with Crippen LogP contribution in [0.25, 0.3) is 5.65 Å². The number of tetrazole rings is 1. The van der Waals surface area contributed by atoms with Crippen LogP contribution >= 0.6 is 0 Å². The van der Waals surface area contributed by atoms with Crippen LogP contribution in [0.5, 0.6) is 0 Å². The first-order valence-electron chi connectivity index (χ1n) is 6.67. The first kappa shape index (κ1) is 12.3. The van der Waals surface area contributed by atoms with E-state index in [1.807, 2.05) is 12.1 Å². The maximum absolute atomic E-state index is 4.41. The summed E-state index contributed by atoms with van der Waals surface area (Å²) < 4.78 is 1.47. The second kappa shape index (κ2) is 5.08. The Labute approximate surface area is 112 Å². The third-order valence-corrected chi connectivity index (χ3v) is 3.70. The molecule has 0 amide bonds. The van der Waals surface area contributed by atoms with E-state index in [9.17, 15) is 0 Å². The van der Waals surface area contributed by atoms with Crippen molar-refractivity contribution in [3.05, 3.63) is 12.1 Å². The van der Waals surface area contributed by atoms with E-state index in [-0.39, 0.29) is 0 Å². The van der Waals surface area contributed by atoms with Crippen LogP contribution in [-0.4, -0.2) is 63.9 Å². The smallest absolute Gasteiger partial charge is 0.200 e. The van der Waals surface area contributed by atoms with Crippen LogP contribution in [0.3, 0.4) is 0 Å². The summed E-state index contributed by atoms with van der Waals surface area (Å²) in [6.45, 7) is 3.40. The molecule has 1 aliphatic rings. The molecule has 0 saturated carbocycles. The molecule has 7 heteroatoms. The van der Waals surface area contributed by atoms with Crippen LogP contribution in [0, 0.1) is 5.92 Å². The summed E-state index contributed by atoms with van der Waals surface area (Å²) >= 11 is 0. The van der Waals surface area contributed by atoms with E-state index in [1.165, 1.54) is 24.0 Å². The lowest BCUT2D eigenvalue weighted by Gasteiger charge is -2.32. The van der Waals surface area contributed by atoms with Gasteiger partial charge in [-0.15, -0.1) is 14.8 Å². The largest absolute Gasteiger partial charge is 0.358 e. The van der Waals surface area contributed by atoms with Crippen LogP contribution in [0.4, 0.5) is 5.82 Å². The Morgan fingerprint density at radius 1 is 1.42 bits per heavy atom. The van der Waals surface area contributed by atoms with Crippen molar-refractivity contribution in [2.24, 2.45) is 5.92 Å². The van der Waals surface area contributed by atoms with Crippen molar-refractivity contribution in [3.63, 3.8) is 0 Å². The molecule has 102 valence electrons. The van der Waals surface area contributed by atoms with Crippen molar-refractivity contribution in [1.82, 2.24) is 30.2 Å². The minimum Gasteiger partial charge on any atom is -0.358 e. The summed E-state index contributed by atoms with van der Waals surface area (Å²) in [5.74, 6) is 1.61. The molecule has 1 saturated heterocycles. The molecule has 1 aliphatic heterocycles. The molecule has 0 spiro atoms. The predicted octanol–water partition coefficient (Wildman–Crippen LogP) is 0.297. The summed E-state index contributed by atoms with van der Waals surface area (Å²) in [4.78, 5) is 4.59. The van der Waals surface area contributed by atoms with E-state index in [4.69, 9.17) is 0 Å². The van der Waals surface area contributed by atoms with Crippen LogP contribution in [0.2, 0.25) is 0 Å². The molecule has 1 unspecified atom stereocenters. The zero-order chi connectivity index (χ0) is 13.2. The number of hydrogen-bond donors (Lipinski definition) is 0. The number of anilines is 1. The third-order valence-electron chi connectivity index (χ3n) is 3.70. The van der Waals surface area contributed by atoms with Gasteiger partial charge in [0.2, 0.25) is 0 Å². The van der Waals surface area contributed by atoms with Gasteiger partial charge in [-0.2, -0.15) is 0 Å². The number of piperidine rings is 1. The van der Waals surface area contributed by atoms with Gasteiger partial charge in [0.25, 0.3) is 0 Å². The molecule has 19 heavy (non-hydrogen) atoms. The topological polar surface area (TPSA) is 62.5 Å². The first-order chi connectivity index (χ1) is 9.22. The highest BCUT2D eigenvalue weighted by Crippen LogP contribution is 2.18. The van der Waals surface area contributed by atoms with Crippen LogP contribution < -0.4 is 4.90 Å². The van der Waals surface area contributed by atoms with Crippen LogP contribution in [-0.2, 0) is 0 Å². The van der Waals surface area contributed by atoms with Crippen LogP contribution in [0.15, 0.2) is 12.1 Å². The maximum atomic E-state index is 4.41. The van der Waals surface area contributed by atoms with E-state index in [1.54, 1.807) is 0 Å². The summed E-state index contributed by atoms with van der Waals surface area (Å²) in [5, 5.41) is 15.7. The fraction of sp³-hybridized carbons (Fsp3) is 0.667. The van der Waals surface area contributed by atoms with Crippen molar-refractivity contribution in [2.45, 2.75) is 12.8 Å². The lowest BCUT2D eigenvalue weighted by molar-refractivity contribution is 0.213. The van der Waals surface area contributed by atoms with E-state index in [2.05, 4.69) is 44.5 Å². The van der Waals surface area contributed by atoms with E-state index >= 15 is 0 Å². The molecular weight excluding hydrogens is 242 g/mol. The Hall–Kier alpha value is -1.76. The molecule has 7 nitrogen and oxygen atoms in total. The van der Waals surface area contributed by atoms with Crippen molar-refractivity contribution in [1.29, 1.82) is 0 Å². The number of rotatable bonds is 3. The fourth-order valence-corrected chi connectivity index (χ4v) is 2.75. The SMILES string of the molecule is CN1CCCC(CN(C)c2ccc3nnnn3n2)C1. The lowest BCUT2D eigenvalue weighted by Crippen LogP contribution is -2.38. The molecule has 1 fully saturated rings. The van der Waals surface area contributed by atoms with Gasteiger partial charge in [-0.1, -0.05) is 0 Å². The van der Waals surface area contributed by atoms with Crippen molar-refractivity contribution < 1.29 is 0 Å². The summed E-state index contributed by atoms with van der Waals surface area (Å²) in [7, 11) is 4.27. The second-order valence-electron chi connectivity index (χ2n) is 5.37. The highest BCUT2D eigenvalue weighted by Gasteiger charge is 2.19. The molecule has 2 aromatic heterocycles. The van der Waals surface area contributed by atoms with Gasteiger partial charge in [0, 0.05) is 20.1 Å². The lowest BCUT2D eigenvalue weighted by atomic mass is 9.98. The number of nitrogens with zero attached hydrogens (tertiary/aromatic N) is 7. The standard InChI is InChI=1S/C12H19N7/c1-17-7-3-4-10(8-17)9-18(2)12-6-5-11-13-15-16-19(11)14-12/h5-6,10H,3-4,7-9H2,1-2H3. The van der Waals surface area contributed by atoms with Gasteiger partial charge in [-0.25, -0.2) is 0 Å². The Balaban J connectivity index is 1.70.